The van der Waals surface area contributed by atoms with Gasteiger partial charge in [-0.15, -0.1) is 0 Å². The van der Waals surface area contributed by atoms with E-state index in [4.69, 9.17) is 17.9 Å². The molecule has 4 heteroatoms. The van der Waals surface area contributed by atoms with Gasteiger partial charge in [-0.25, -0.2) is 0 Å². The van der Waals surface area contributed by atoms with E-state index < -0.39 is 0 Å². The van der Waals surface area contributed by atoms with E-state index in [2.05, 4.69) is 9.69 Å². The molecule has 0 bridgehead atoms. The van der Waals surface area contributed by atoms with Gasteiger partial charge in [0.25, 0.3) is 0 Å². The summed E-state index contributed by atoms with van der Waals surface area (Å²) in [5.41, 5.74) is 2.77. The zero-order valence-electron chi connectivity index (χ0n) is 13.4. The number of hydrogen-bond acceptors (Lipinski definition) is 2. The van der Waals surface area contributed by atoms with Crippen molar-refractivity contribution in [1.82, 2.24) is 0 Å². The summed E-state index contributed by atoms with van der Waals surface area (Å²) in [5.74, 6) is 1.32. The second kappa shape index (κ2) is 7.15. The van der Waals surface area contributed by atoms with Gasteiger partial charge in [0.1, 0.15) is 24.7 Å². The molecule has 0 radical (unpaired) electrons. The number of nitrogens with zero attached hydrogens (tertiary/aromatic N) is 3. The maximum atomic E-state index is 7.05. The fraction of sp³-hybridized carbons (Fsp3) is 0.158. The van der Waals surface area contributed by atoms with Crippen molar-refractivity contribution in [3.63, 3.8) is 0 Å². The highest BCUT2D eigenvalue weighted by Crippen LogP contribution is 2.24. The van der Waals surface area contributed by atoms with Crippen LogP contribution in [0.15, 0.2) is 65.4 Å². The fourth-order valence-electron chi connectivity index (χ4n) is 2.09. The average Bonchev–Trinajstić information content (AvgIpc) is 2.54. The van der Waals surface area contributed by atoms with Crippen LogP contribution in [-0.2, 0) is 4.74 Å². The summed E-state index contributed by atoms with van der Waals surface area (Å²) in [6.45, 7) is 15.9. The number of hydrogen-bond donors (Lipinski definition) is 0. The van der Waals surface area contributed by atoms with Gasteiger partial charge in [0, 0.05) is 19.8 Å². The van der Waals surface area contributed by atoms with Crippen LogP contribution in [0.2, 0.25) is 0 Å². The lowest BCUT2D eigenvalue weighted by Gasteiger charge is -2.13. The van der Waals surface area contributed by atoms with Crippen molar-refractivity contribution >= 4 is 11.8 Å². The van der Waals surface area contributed by atoms with Crippen molar-refractivity contribution in [2.45, 2.75) is 6.92 Å². The predicted octanol–water partition coefficient (Wildman–Crippen LogP) is 4.63. The lowest BCUT2D eigenvalue weighted by atomic mass is 10.1. The molecule has 0 aromatic heterocycles. The molecular formula is C19H17N3O. The van der Waals surface area contributed by atoms with E-state index in [-0.39, 0.29) is 5.82 Å². The van der Waals surface area contributed by atoms with Crippen LogP contribution in [-0.4, -0.2) is 14.1 Å². The maximum Gasteiger partial charge on any atom is 0.526 e. The van der Waals surface area contributed by atoms with Gasteiger partial charge in [-0.2, -0.15) is 9.69 Å². The Bertz CT molecular complexity index is 779. The first-order valence-electron chi connectivity index (χ1n) is 7.06. The molecule has 0 N–H and O–H groups in total. The van der Waals surface area contributed by atoms with Crippen LogP contribution in [0.3, 0.4) is 0 Å². The Hall–Kier alpha value is -3.24. The van der Waals surface area contributed by atoms with Crippen LogP contribution in [0.25, 0.3) is 15.8 Å². The third-order valence-electron chi connectivity index (χ3n) is 3.25. The lowest BCUT2D eigenvalue weighted by molar-refractivity contribution is 0.318. The Balaban J connectivity index is 2.24. The molecule has 1 aliphatic heterocycles. The van der Waals surface area contributed by atoms with Gasteiger partial charge in [0.2, 0.25) is 0 Å². The summed E-state index contributed by atoms with van der Waals surface area (Å²) in [5, 5.41) is 0. The predicted molar refractivity (Wildman–Crippen MR) is 93.0 cm³/mol. The van der Waals surface area contributed by atoms with E-state index in [0.29, 0.717) is 17.1 Å². The Labute approximate surface area is 136 Å². The first kappa shape index (κ1) is 16.1. The second-order valence-electron chi connectivity index (χ2n) is 5.23. The Morgan fingerprint density at radius 1 is 1.04 bits per heavy atom. The highest BCUT2D eigenvalue weighted by atomic mass is 16.5. The molecule has 2 rings (SSSR count). The quantitative estimate of drug-likeness (QED) is 0.759. The molecule has 0 fully saturated rings. The fourth-order valence-corrected chi connectivity index (χ4v) is 2.09. The van der Waals surface area contributed by atoms with Crippen molar-refractivity contribution in [2.75, 3.05) is 19.0 Å². The molecule has 0 amide bonds. The Kier molecular flexibility index (Phi) is 5.02. The highest BCUT2D eigenvalue weighted by Gasteiger charge is 2.15. The minimum Gasteiger partial charge on any atom is -0.462 e. The second-order valence-corrected chi connectivity index (χ2v) is 5.23. The molecule has 0 saturated carbocycles. The van der Waals surface area contributed by atoms with Crippen molar-refractivity contribution < 1.29 is 4.74 Å². The number of ether oxygens (including phenoxy) is 1. The minimum atomic E-state index is 0.0499. The van der Waals surface area contributed by atoms with Gasteiger partial charge in [0.05, 0.1) is 5.57 Å². The monoisotopic (exact) mass is 303 g/mol. The number of anilines is 1. The Morgan fingerprint density at radius 2 is 1.70 bits per heavy atom. The molecule has 0 unspecified atom stereocenters. The van der Waals surface area contributed by atoms with Gasteiger partial charge in [-0.1, -0.05) is 18.2 Å². The molecule has 114 valence electrons. The smallest absolute Gasteiger partial charge is 0.462 e. The summed E-state index contributed by atoms with van der Waals surface area (Å²) < 4.78 is 5.63. The zero-order valence-corrected chi connectivity index (χ0v) is 13.4. The van der Waals surface area contributed by atoms with Crippen LogP contribution in [0, 0.1) is 13.1 Å². The van der Waals surface area contributed by atoms with Crippen LogP contribution < -0.4 is 4.90 Å². The van der Waals surface area contributed by atoms with Gasteiger partial charge >= 0.3 is 5.82 Å². The standard InChI is InChI=1S/C19H17N3O/c1-14-12-16(19(20-2)21-3)13-18(23-14)11-8-15-6-9-17(10-7-15)22(4)5/h6-13H,1,4-5H3/b11-8+. The van der Waals surface area contributed by atoms with E-state index in [1.54, 1.807) is 19.1 Å². The van der Waals surface area contributed by atoms with Gasteiger partial charge < -0.3 is 9.64 Å². The van der Waals surface area contributed by atoms with Gasteiger partial charge in [0.15, 0.2) is 0 Å². The molecule has 1 aromatic rings. The molecule has 1 heterocycles. The van der Waals surface area contributed by atoms with Crippen LogP contribution >= 0.6 is 0 Å². The molecule has 1 aromatic carbocycles. The third kappa shape index (κ3) is 4.12. The summed E-state index contributed by atoms with van der Waals surface area (Å²) in [7, 11) is 4.00. The van der Waals surface area contributed by atoms with E-state index in [1.165, 1.54) is 0 Å². The lowest BCUT2D eigenvalue weighted by Crippen LogP contribution is -2.07. The molecule has 0 atom stereocenters. The average molecular weight is 303 g/mol. The normalized spacial score (nSPS) is 13.5. The molecular weight excluding hydrogens is 286 g/mol. The zero-order chi connectivity index (χ0) is 16.8. The topological polar surface area (TPSA) is 21.2 Å². The van der Waals surface area contributed by atoms with Crippen LogP contribution in [0.1, 0.15) is 12.5 Å². The number of rotatable bonds is 3. The molecule has 0 spiro atoms. The Morgan fingerprint density at radius 3 is 2.26 bits per heavy atom. The molecule has 1 aliphatic rings. The van der Waals surface area contributed by atoms with Crippen molar-refractivity contribution in [2.24, 2.45) is 0 Å². The van der Waals surface area contributed by atoms with E-state index >= 15 is 0 Å². The third-order valence-corrected chi connectivity index (χ3v) is 3.25. The number of allylic oxidation sites excluding steroid dienone is 5. The van der Waals surface area contributed by atoms with E-state index in [1.807, 2.05) is 55.4 Å². The van der Waals surface area contributed by atoms with Gasteiger partial charge in [-0.3, -0.25) is 0 Å². The summed E-state index contributed by atoms with van der Waals surface area (Å²) in [4.78, 5) is 8.53. The maximum absolute atomic E-state index is 7.05. The molecule has 0 aliphatic carbocycles. The van der Waals surface area contributed by atoms with Crippen LogP contribution in [0.4, 0.5) is 5.69 Å². The SMILES string of the molecule is [C-]#[N+]C([N+]#[C-])=C1C=C(C)OC(/C=C/c2ccc(N(C)C)cc2)=C1. The van der Waals surface area contributed by atoms with Gasteiger partial charge in [-0.05, 0) is 42.8 Å². The first-order chi connectivity index (χ1) is 11.0. The molecule has 23 heavy (non-hydrogen) atoms. The van der Waals surface area contributed by atoms with Crippen molar-refractivity contribution in [1.29, 1.82) is 0 Å². The van der Waals surface area contributed by atoms with E-state index in [0.717, 1.165) is 11.3 Å². The van der Waals surface area contributed by atoms with E-state index in [9.17, 15) is 0 Å². The summed E-state index contributed by atoms with van der Waals surface area (Å²) >= 11 is 0. The highest BCUT2D eigenvalue weighted by molar-refractivity contribution is 5.58. The van der Waals surface area contributed by atoms with Crippen molar-refractivity contribution in [3.8, 4) is 0 Å². The van der Waals surface area contributed by atoms with Crippen molar-refractivity contribution in [3.05, 3.63) is 93.8 Å². The van der Waals surface area contributed by atoms with Crippen LogP contribution in [0.5, 0.6) is 0 Å². The largest absolute Gasteiger partial charge is 0.526 e. The molecule has 0 saturated heterocycles. The number of benzene rings is 1. The first-order valence-corrected chi connectivity index (χ1v) is 7.06. The summed E-state index contributed by atoms with van der Waals surface area (Å²) in [6.07, 6.45) is 7.20. The molecule has 4 nitrogen and oxygen atoms in total. The minimum absolute atomic E-state index is 0.0499. The summed E-state index contributed by atoms with van der Waals surface area (Å²) in [6, 6.07) is 8.14.